The third-order valence-electron chi connectivity index (χ3n) is 4.98. The number of amides is 2. The third kappa shape index (κ3) is 1.40. The highest BCUT2D eigenvalue weighted by Gasteiger charge is 2.70. The number of benzene rings is 1. The van der Waals surface area contributed by atoms with Crippen LogP contribution in [0, 0.1) is 23.2 Å². The normalized spacial score (nSPS) is 38.5. The first-order chi connectivity index (χ1) is 10.4. The first kappa shape index (κ1) is 13.2. The number of anilines is 1. The van der Waals surface area contributed by atoms with Crippen LogP contribution < -0.4 is 4.90 Å². The largest absolute Gasteiger partial charge is 0.359 e. The van der Waals surface area contributed by atoms with Gasteiger partial charge in [0.15, 0.2) is 0 Å². The molecule has 0 spiro atoms. The first-order valence-corrected chi connectivity index (χ1v) is 7.18. The van der Waals surface area contributed by atoms with Crippen LogP contribution in [0.1, 0.15) is 19.4 Å². The topological polar surface area (TPSA) is 70.4 Å². The zero-order valence-corrected chi connectivity index (χ0v) is 12.2. The van der Waals surface area contributed by atoms with Crippen LogP contribution in [0.2, 0.25) is 0 Å². The molecule has 2 bridgehead atoms. The molecule has 0 unspecified atom stereocenters. The molecule has 0 aromatic heterocycles. The molecular formula is C17H14N2O3. The van der Waals surface area contributed by atoms with Gasteiger partial charge in [0.05, 0.1) is 40.4 Å². The molecule has 0 radical (unpaired) electrons. The summed E-state index contributed by atoms with van der Waals surface area (Å²) in [5, 5.41) is 8.85. The molecule has 2 amide bonds. The molecule has 5 nitrogen and oxygen atoms in total. The summed E-state index contributed by atoms with van der Waals surface area (Å²) in [6.07, 6.45) is 3.78. The van der Waals surface area contributed by atoms with Crippen LogP contribution in [0.15, 0.2) is 36.4 Å². The standard InChI is InChI=1S/C17H14N2O3/c1-16-7-8-17(2,22-16)13-12(16)14(20)19(15(13)21)11-5-3-10(9-18)4-6-11/h3-8,12-13H,1-2H3/t12-,13+,16-,17+. The van der Waals surface area contributed by atoms with E-state index in [-0.39, 0.29) is 11.8 Å². The monoisotopic (exact) mass is 294 g/mol. The van der Waals surface area contributed by atoms with Crippen molar-refractivity contribution < 1.29 is 14.3 Å². The highest BCUT2D eigenvalue weighted by molar-refractivity contribution is 6.23. The van der Waals surface area contributed by atoms with Crippen LogP contribution in [-0.2, 0) is 14.3 Å². The lowest BCUT2D eigenvalue weighted by molar-refractivity contribution is -0.128. The Hall–Kier alpha value is -2.45. The molecule has 1 aromatic carbocycles. The minimum Gasteiger partial charge on any atom is -0.359 e. The van der Waals surface area contributed by atoms with Crippen molar-refractivity contribution in [3.63, 3.8) is 0 Å². The van der Waals surface area contributed by atoms with Gasteiger partial charge in [-0.05, 0) is 38.1 Å². The van der Waals surface area contributed by atoms with Crippen LogP contribution in [-0.4, -0.2) is 23.0 Å². The van der Waals surface area contributed by atoms with Crippen LogP contribution in [0.3, 0.4) is 0 Å². The molecule has 3 aliphatic heterocycles. The van der Waals surface area contributed by atoms with Gasteiger partial charge in [-0.1, -0.05) is 12.2 Å². The second kappa shape index (κ2) is 3.84. The Morgan fingerprint density at radius 1 is 1.05 bits per heavy atom. The van der Waals surface area contributed by atoms with Crippen LogP contribution in [0.5, 0.6) is 0 Å². The fourth-order valence-electron chi connectivity index (χ4n) is 3.97. The van der Waals surface area contributed by atoms with Crippen molar-refractivity contribution in [1.29, 1.82) is 5.26 Å². The van der Waals surface area contributed by atoms with E-state index in [4.69, 9.17) is 10.00 Å². The Kier molecular flexibility index (Phi) is 2.31. The van der Waals surface area contributed by atoms with Gasteiger partial charge in [0.2, 0.25) is 11.8 Å². The van der Waals surface area contributed by atoms with E-state index in [1.807, 2.05) is 32.1 Å². The van der Waals surface area contributed by atoms with Crippen molar-refractivity contribution in [2.24, 2.45) is 11.8 Å². The van der Waals surface area contributed by atoms with Gasteiger partial charge in [0, 0.05) is 0 Å². The predicted molar refractivity (Wildman–Crippen MR) is 77.7 cm³/mol. The van der Waals surface area contributed by atoms with E-state index in [9.17, 15) is 9.59 Å². The highest BCUT2D eigenvalue weighted by Crippen LogP contribution is 2.57. The maximum atomic E-state index is 12.8. The first-order valence-electron chi connectivity index (χ1n) is 7.18. The average Bonchev–Trinajstić information content (AvgIpc) is 3.04. The van der Waals surface area contributed by atoms with Crippen molar-refractivity contribution in [3.05, 3.63) is 42.0 Å². The fraction of sp³-hybridized carbons (Fsp3) is 0.353. The fourth-order valence-corrected chi connectivity index (χ4v) is 3.97. The van der Waals surface area contributed by atoms with E-state index in [1.54, 1.807) is 24.3 Å². The molecule has 4 rings (SSSR count). The smallest absolute Gasteiger partial charge is 0.241 e. The molecule has 22 heavy (non-hydrogen) atoms. The van der Waals surface area contributed by atoms with Gasteiger partial charge in [-0.3, -0.25) is 9.59 Å². The molecule has 2 saturated heterocycles. The summed E-state index contributed by atoms with van der Waals surface area (Å²) in [7, 11) is 0. The zero-order valence-electron chi connectivity index (χ0n) is 12.2. The van der Waals surface area contributed by atoms with Crippen molar-refractivity contribution in [3.8, 4) is 6.07 Å². The summed E-state index contributed by atoms with van der Waals surface area (Å²) in [5.74, 6) is -1.41. The maximum absolute atomic E-state index is 12.8. The molecule has 0 N–H and O–H groups in total. The SMILES string of the molecule is C[C@]12C=C[C@](C)(O1)[C@@H]1C(=O)N(c3ccc(C#N)cc3)C(=O)[C@@H]12. The van der Waals surface area contributed by atoms with Crippen molar-refractivity contribution in [2.75, 3.05) is 4.90 Å². The summed E-state index contributed by atoms with van der Waals surface area (Å²) < 4.78 is 5.95. The maximum Gasteiger partial charge on any atom is 0.241 e. The Morgan fingerprint density at radius 3 is 2.00 bits per heavy atom. The van der Waals surface area contributed by atoms with Crippen molar-refractivity contribution >= 4 is 17.5 Å². The summed E-state index contributed by atoms with van der Waals surface area (Å²) in [6.45, 7) is 3.71. The Balaban J connectivity index is 1.78. The number of hydrogen-bond donors (Lipinski definition) is 0. The third-order valence-corrected chi connectivity index (χ3v) is 4.98. The van der Waals surface area contributed by atoms with Gasteiger partial charge >= 0.3 is 0 Å². The van der Waals surface area contributed by atoms with Crippen LogP contribution in [0.25, 0.3) is 0 Å². The number of hydrogen-bond acceptors (Lipinski definition) is 4. The van der Waals surface area contributed by atoms with Crippen LogP contribution >= 0.6 is 0 Å². The number of imide groups is 1. The van der Waals surface area contributed by atoms with Gasteiger partial charge in [0.25, 0.3) is 0 Å². The number of ether oxygens (including phenoxy) is 1. The van der Waals surface area contributed by atoms with Crippen molar-refractivity contribution in [2.45, 2.75) is 25.0 Å². The number of carbonyl (C=O) groups is 2. The molecule has 4 atom stereocenters. The van der Waals surface area contributed by atoms with Crippen molar-refractivity contribution in [1.82, 2.24) is 0 Å². The lowest BCUT2D eigenvalue weighted by atomic mass is 9.73. The molecule has 3 aliphatic rings. The molecule has 3 heterocycles. The highest BCUT2D eigenvalue weighted by atomic mass is 16.5. The second-order valence-electron chi connectivity index (χ2n) is 6.43. The quantitative estimate of drug-likeness (QED) is 0.585. The minimum atomic E-state index is -0.715. The van der Waals surface area contributed by atoms with Gasteiger partial charge < -0.3 is 4.74 Å². The zero-order chi connectivity index (χ0) is 15.7. The van der Waals surface area contributed by atoms with Gasteiger partial charge in [-0.25, -0.2) is 4.90 Å². The van der Waals surface area contributed by atoms with E-state index >= 15 is 0 Å². The molecule has 0 aliphatic carbocycles. The second-order valence-corrected chi connectivity index (χ2v) is 6.43. The summed E-state index contributed by atoms with van der Waals surface area (Å²) in [6, 6.07) is 8.51. The van der Waals surface area contributed by atoms with Gasteiger partial charge in [-0.15, -0.1) is 0 Å². The number of carbonyl (C=O) groups excluding carboxylic acids is 2. The minimum absolute atomic E-state index is 0.227. The number of nitrogens with zero attached hydrogens (tertiary/aromatic N) is 2. The molecule has 0 saturated carbocycles. The van der Waals surface area contributed by atoms with E-state index in [2.05, 4.69) is 0 Å². The van der Waals surface area contributed by atoms with E-state index in [0.29, 0.717) is 11.3 Å². The lowest BCUT2D eigenvalue weighted by Gasteiger charge is -2.25. The number of nitriles is 1. The summed E-state index contributed by atoms with van der Waals surface area (Å²) >= 11 is 0. The van der Waals surface area contributed by atoms with E-state index in [0.717, 1.165) is 0 Å². The van der Waals surface area contributed by atoms with Gasteiger partial charge in [-0.2, -0.15) is 5.26 Å². The number of fused-ring (bicyclic) bond motifs is 5. The average molecular weight is 294 g/mol. The van der Waals surface area contributed by atoms with E-state index in [1.165, 1.54) is 4.90 Å². The Labute approximate surface area is 127 Å². The molecule has 2 fully saturated rings. The molecule has 110 valence electrons. The molecule has 1 aromatic rings. The lowest BCUT2D eigenvalue weighted by Crippen LogP contribution is -2.39. The Morgan fingerprint density at radius 2 is 1.55 bits per heavy atom. The molecule has 5 heteroatoms. The number of rotatable bonds is 1. The summed E-state index contributed by atoms with van der Waals surface area (Å²) in [5.41, 5.74) is -0.428. The summed E-state index contributed by atoms with van der Waals surface area (Å²) in [4.78, 5) is 26.9. The predicted octanol–water partition coefficient (Wildman–Crippen LogP) is 1.78. The molecular weight excluding hydrogens is 280 g/mol. The van der Waals surface area contributed by atoms with Gasteiger partial charge in [0.1, 0.15) is 0 Å². The van der Waals surface area contributed by atoms with Crippen LogP contribution in [0.4, 0.5) is 5.69 Å². The van der Waals surface area contributed by atoms with E-state index < -0.39 is 23.0 Å². The Bertz CT molecular complexity index is 740.